The number of carbonyl (C=O) groups is 2. The summed E-state index contributed by atoms with van der Waals surface area (Å²) >= 11 is 0. The highest BCUT2D eigenvalue weighted by molar-refractivity contribution is 5.69. The van der Waals surface area contributed by atoms with Crippen LogP contribution in [0.5, 0.6) is 0 Å². The molecule has 0 bridgehead atoms. The van der Waals surface area contributed by atoms with Gasteiger partial charge in [-0.15, -0.1) is 0 Å². The van der Waals surface area contributed by atoms with Gasteiger partial charge in [-0.25, -0.2) is 0 Å². The molecule has 0 heterocycles. The van der Waals surface area contributed by atoms with Crippen molar-refractivity contribution in [3.05, 3.63) is 12.2 Å². The summed E-state index contributed by atoms with van der Waals surface area (Å²) in [6.45, 7) is 11.9. The van der Waals surface area contributed by atoms with Crippen LogP contribution in [0.2, 0.25) is 0 Å². The first-order valence-electron chi connectivity index (χ1n) is 22.1. The molecule has 0 unspecified atom stereocenters. The van der Waals surface area contributed by atoms with Gasteiger partial charge in [0.05, 0.1) is 26.2 Å². The zero-order chi connectivity index (χ0) is 38.0. The van der Waals surface area contributed by atoms with E-state index in [0.29, 0.717) is 52.2 Å². The Hall–Kier alpha value is -1.48. The van der Waals surface area contributed by atoms with E-state index in [9.17, 15) is 14.7 Å². The first kappa shape index (κ1) is 50.5. The first-order valence-corrected chi connectivity index (χ1v) is 22.1. The molecule has 0 fully saturated rings. The molecule has 8 heteroatoms. The van der Waals surface area contributed by atoms with E-state index in [1.165, 1.54) is 77.0 Å². The number of carbonyl (C=O) groups excluding carboxylic acids is 2. The van der Waals surface area contributed by atoms with Crippen LogP contribution in [0.25, 0.3) is 0 Å². The van der Waals surface area contributed by atoms with Crippen molar-refractivity contribution in [1.29, 1.82) is 0 Å². The van der Waals surface area contributed by atoms with Gasteiger partial charge in [0.25, 0.3) is 0 Å². The van der Waals surface area contributed by atoms with E-state index in [1.807, 2.05) is 0 Å². The molecule has 0 radical (unpaired) electrons. The monoisotopic (exact) mass is 740 g/mol. The second kappa shape index (κ2) is 42.3. The molecule has 8 nitrogen and oxygen atoms in total. The summed E-state index contributed by atoms with van der Waals surface area (Å²) < 4.78 is 23.0. The Labute approximate surface area is 321 Å². The lowest BCUT2D eigenvalue weighted by molar-refractivity contribution is -0.159. The van der Waals surface area contributed by atoms with Gasteiger partial charge >= 0.3 is 11.9 Å². The molecule has 0 aliphatic heterocycles. The lowest BCUT2D eigenvalue weighted by atomic mass is 10.1. The molecular formula is C44H85NO7. The van der Waals surface area contributed by atoms with Crippen LogP contribution < -0.4 is 0 Å². The van der Waals surface area contributed by atoms with Crippen molar-refractivity contribution >= 4 is 11.9 Å². The van der Waals surface area contributed by atoms with E-state index in [4.69, 9.17) is 18.9 Å². The van der Waals surface area contributed by atoms with Gasteiger partial charge in [-0.1, -0.05) is 142 Å². The maximum Gasteiger partial charge on any atom is 0.305 e. The fraction of sp³-hybridized carbons (Fsp3) is 0.909. The van der Waals surface area contributed by atoms with E-state index in [0.717, 1.165) is 96.6 Å². The van der Waals surface area contributed by atoms with Crippen LogP contribution in [-0.4, -0.2) is 80.9 Å². The van der Waals surface area contributed by atoms with E-state index in [-0.39, 0.29) is 24.8 Å². The number of aliphatic hydroxyl groups is 1. The summed E-state index contributed by atoms with van der Waals surface area (Å²) in [6, 6.07) is 0. The SMILES string of the molecule is CCCC/C=C\CCOC(=O)CCCCCCCN(CCO)CCCCCCOC(=O)CCC(OCCCCCCCC)OCCCCCCCC. The smallest absolute Gasteiger partial charge is 0.305 e. The maximum absolute atomic E-state index is 12.5. The lowest BCUT2D eigenvalue weighted by Crippen LogP contribution is -2.29. The first-order chi connectivity index (χ1) is 25.6. The minimum Gasteiger partial charge on any atom is -0.466 e. The van der Waals surface area contributed by atoms with Crippen LogP contribution in [0.3, 0.4) is 0 Å². The largest absolute Gasteiger partial charge is 0.466 e. The highest BCUT2D eigenvalue weighted by Crippen LogP contribution is 2.13. The van der Waals surface area contributed by atoms with Gasteiger partial charge in [-0.3, -0.25) is 9.59 Å². The Morgan fingerprint density at radius 3 is 1.54 bits per heavy atom. The molecule has 0 aromatic carbocycles. The molecule has 0 spiro atoms. The molecule has 0 saturated heterocycles. The Balaban J connectivity index is 3.99. The third kappa shape index (κ3) is 38.3. The van der Waals surface area contributed by atoms with E-state index >= 15 is 0 Å². The van der Waals surface area contributed by atoms with Crippen molar-refractivity contribution in [2.24, 2.45) is 0 Å². The van der Waals surface area contributed by atoms with Crippen molar-refractivity contribution in [2.75, 3.05) is 52.7 Å². The zero-order valence-electron chi connectivity index (χ0n) is 34.5. The number of esters is 2. The van der Waals surface area contributed by atoms with Gasteiger partial charge in [0.15, 0.2) is 6.29 Å². The Kier molecular flexibility index (Phi) is 41.1. The fourth-order valence-electron chi connectivity index (χ4n) is 6.18. The Morgan fingerprint density at radius 2 is 0.962 bits per heavy atom. The second-order valence-electron chi connectivity index (χ2n) is 14.6. The Morgan fingerprint density at radius 1 is 0.500 bits per heavy atom. The quantitative estimate of drug-likeness (QED) is 0.0286. The molecule has 0 aliphatic rings. The molecule has 0 saturated carbocycles. The average Bonchev–Trinajstić information content (AvgIpc) is 3.14. The molecule has 1 N–H and O–H groups in total. The van der Waals surface area contributed by atoms with Gasteiger partial charge in [-0.05, 0) is 64.5 Å². The number of nitrogens with zero attached hydrogens (tertiary/aromatic N) is 1. The summed E-state index contributed by atoms with van der Waals surface area (Å²) in [5.41, 5.74) is 0. The number of unbranched alkanes of at least 4 members (excludes halogenated alkanes) is 19. The summed E-state index contributed by atoms with van der Waals surface area (Å²) in [7, 11) is 0. The van der Waals surface area contributed by atoms with Crippen molar-refractivity contribution in [2.45, 2.75) is 207 Å². The number of allylic oxidation sites excluding steroid dienone is 1. The topological polar surface area (TPSA) is 94.5 Å². The normalized spacial score (nSPS) is 11.7. The Bertz CT molecular complexity index is 760. The predicted molar refractivity (Wildman–Crippen MR) is 217 cm³/mol. The second-order valence-corrected chi connectivity index (χ2v) is 14.6. The zero-order valence-corrected chi connectivity index (χ0v) is 34.5. The molecule has 0 rings (SSSR count). The van der Waals surface area contributed by atoms with E-state index in [1.54, 1.807) is 0 Å². The van der Waals surface area contributed by atoms with Crippen molar-refractivity contribution in [1.82, 2.24) is 4.90 Å². The molecular weight excluding hydrogens is 654 g/mol. The maximum atomic E-state index is 12.5. The molecule has 52 heavy (non-hydrogen) atoms. The lowest BCUT2D eigenvalue weighted by Gasteiger charge is -2.21. The number of ether oxygens (including phenoxy) is 4. The van der Waals surface area contributed by atoms with Crippen LogP contribution in [0, 0.1) is 0 Å². The predicted octanol–water partition coefficient (Wildman–Crippen LogP) is 11.3. The molecule has 0 aromatic rings. The van der Waals surface area contributed by atoms with Crippen LogP contribution in [0.1, 0.15) is 201 Å². The van der Waals surface area contributed by atoms with Crippen molar-refractivity contribution < 1.29 is 33.6 Å². The molecule has 0 aromatic heterocycles. The van der Waals surface area contributed by atoms with Crippen LogP contribution in [0.4, 0.5) is 0 Å². The van der Waals surface area contributed by atoms with Gasteiger partial charge in [0.2, 0.25) is 0 Å². The minimum absolute atomic E-state index is 0.0775. The number of rotatable bonds is 42. The van der Waals surface area contributed by atoms with Gasteiger partial charge < -0.3 is 29.0 Å². The highest BCUT2D eigenvalue weighted by atomic mass is 16.7. The van der Waals surface area contributed by atoms with Gasteiger partial charge in [0, 0.05) is 32.6 Å². The third-order valence-electron chi connectivity index (χ3n) is 9.53. The van der Waals surface area contributed by atoms with Crippen LogP contribution >= 0.6 is 0 Å². The summed E-state index contributed by atoms with van der Waals surface area (Å²) in [5.74, 6) is -0.238. The van der Waals surface area contributed by atoms with E-state index in [2.05, 4.69) is 37.8 Å². The fourth-order valence-corrected chi connectivity index (χ4v) is 6.18. The molecule has 0 aliphatic carbocycles. The number of hydrogen-bond donors (Lipinski definition) is 1. The molecule has 0 atom stereocenters. The summed E-state index contributed by atoms with van der Waals surface area (Å²) in [6.07, 6.45) is 33.8. The van der Waals surface area contributed by atoms with Gasteiger partial charge in [-0.2, -0.15) is 0 Å². The molecule has 308 valence electrons. The average molecular weight is 740 g/mol. The standard InChI is InChI=1S/C44H85NO7/c1-4-7-10-13-20-27-38-49-42(47)31-24-17-16-18-25-34-45(36-37-46)35-26-19-23-28-39-50-43(48)32-33-44(51-40-29-21-14-11-8-5-2)52-41-30-22-15-12-9-6-3/h13,20,44,46H,4-12,14-19,21-41H2,1-3H3/b20-13-. The number of hydrogen-bond acceptors (Lipinski definition) is 8. The summed E-state index contributed by atoms with van der Waals surface area (Å²) in [5, 5.41) is 9.52. The van der Waals surface area contributed by atoms with Crippen LogP contribution in [0.15, 0.2) is 12.2 Å². The van der Waals surface area contributed by atoms with Crippen LogP contribution in [-0.2, 0) is 28.5 Å². The third-order valence-corrected chi connectivity index (χ3v) is 9.53. The highest BCUT2D eigenvalue weighted by Gasteiger charge is 2.14. The van der Waals surface area contributed by atoms with Gasteiger partial charge in [0.1, 0.15) is 0 Å². The minimum atomic E-state index is -0.325. The number of aliphatic hydroxyl groups excluding tert-OH is 1. The summed E-state index contributed by atoms with van der Waals surface area (Å²) in [4.78, 5) is 26.7. The molecule has 0 amide bonds. The van der Waals surface area contributed by atoms with Crippen molar-refractivity contribution in [3.63, 3.8) is 0 Å². The van der Waals surface area contributed by atoms with E-state index < -0.39 is 0 Å². The van der Waals surface area contributed by atoms with Crippen molar-refractivity contribution in [3.8, 4) is 0 Å².